The summed E-state index contributed by atoms with van der Waals surface area (Å²) in [5, 5.41) is 9.61. The number of aliphatic hydroxyl groups is 1. The van der Waals surface area contributed by atoms with Crippen molar-refractivity contribution in [1.29, 1.82) is 0 Å². The van der Waals surface area contributed by atoms with Crippen LogP contribution in [0.5, 0.6) is 0 Å². The van der Waals surface area contributed by atoms with Gasteiger partial charge in [-0.3, -0.25) is 0 Å². The van der Waals surface area contributed by atoms with Crippen molar-refractivity contribution in [3.05, 3.63) is 58.1 Å². The number of rotatable bonds is 3. The molecule has 0 amide bonds. The minimum absolute atomic E-state index is 0.183. The second kappa shape index (κ2) is 6.55. The molecule has 2 aromatic carbocycles. The van der Waals surface area contributed by atoms with E-state index >= 15 is 0 Å². The monoisotopic (exact) mass is 364 g/mol. The van der Waals surface area contributed by atoms with Crippen molar-refractivity contribution < 1.29 is 5.11 Å². The molecule has 0 spiro atoms. The van der Waals surface area contributed by atoms with Gasteiger partial charge in [0, 0.05) is 14.3 Å². The molecule has 0 heterocycles. The lowest BCUT2D eigenvalue weighted by molar-refractivity contribution is 0.199. The van der Waals surface area contributed by atoms with Gasteiger partial charge in [-0.25, -0.2) is 0 Å². The van der Waals surface area contributed by atoms with Gasteiger partial charge in [-0.1, -0.05) is 50.7 Å². The van der Waals surface area contributed by atoms with Crippen LogP contribution in [0.2, 0.25) is 0 Å². The van der Waals surface area contributed by atoms with Crippen LogP contribution in [0.4, 0.5) is 0 Å². The Hall–Kier alpha value is -0.770. The first-order valence-electron chi connectivity index (χ1n) is 7.03. The van der Waals surface area contributed by atoms with Gasteiger partial charge in [0.05, 0.1) is 6.10 Å². The van der Waals surface area contributed by atoms with Crippen LogP contribution in [0.3, 0.4) is 0 Å². The largest absolute Gasteiger partial charge is 0.389 e. The van der Waals surface area contributed by atoms with Gasteiger partial charge >= 0.3 is 0 Å². The van der Waals surface area contributed by atoms with Crippen LogP contribution >= 0.6 is 27.7 Å². The third kappa shape index (κ3) is 4.35. The van der Waals surface area contributed by atoms with E-state index in [9.17, 15) is 5.11 Å². The van der Waals surface area contributed by atoms with Gasteiger partial charge in [0.1, 0.15) is 0 Å². The fourth-order valence-corrected chi connectivity index (χ4v) is 3.47. The Morgan fingerprint density at radius 2 is 1.67 bits per heavy atom. The lowest BCUT2D eigenvalue weighted by atomic mass is 9.87. The molecular formula is C18H21BrOS. The number of benzene rings is 2. The summed E-state index contributed by atoms with van der Waals surface area (Å²) in [5.41, 5.74) is 2.45. The van der Waals surface area contributed by atoms with Gasteiger partial charge in [-0.2, -0.15) is 0 Å². The summed E-state index contributed by atoms with van der Waals surface area (Å²) >= 11 is 5.31. The molecule has 2 aromatic rings. The van der Waals surface area contributed by atoms with Gasteiger partial charge in [0.2, 0.25) is 0 Å². The van der Waals surface area contributed by atoms with E-state index in [1.807, 2.05) is 12.1 Å². The zero-order valence-corrected chi connectivity index (χ0v) is 15.3. The first-order valence-corrected chi connectivity index (χ1v) is 8.64. The summed E-state index contributed by atoms with van der Waals surface area (Å²) in [7, 11) is 0. The molecule has 0 fully saturated rings. The van der Waals surface area contributed by atoms with Gasteiger partial charge in [0.15, 0.2) is 0 Å². The van der Waals surface area contributed by atoms with Gasteiger partial charge < -0.3 is 5.11 Å². The minimum Gasteiger partial charge on any atom is -0.389 e. The third-order valence-electron chi connectivity index (χ3n) is 3.39. The molecule has 0 radical (unpaired) electrons. The predicted molar refractivity (Wildman–Crippen MR) is 94.0 cm³/mol. The maximum absolute atomic E-state index is 9.61. The zero-order valence-electron chi connectivity index (χ0n) is 12.9. The van der Waals surface area contributed by atoms with Gasteiger partial charge in [-0.05, 0) is 63.7 Å². The maximum Gasteiger partial charge on any atom is 0.0762 e. The Morgan fingerprint density at radius 3 is 2.14 bits per heavy atom. The summed E-state index contributed by atoms with van der Waals surface area (Å²) in [6.07, 6.45) is -0.439. The van der Waals surface area contributed by atoms with E-state index < -0.39 is 6.10 Å². The summed E-state index contributed by atoms with van der Waals surface area (Å²) in [4.78, 5) is 2.37. The molecule has 1 unspecified atom stereocenters. The van der Waals surface area contributed by atoms with Crippen LogP contribution in [-0.4, -0.2) is 5.11 Å². The van der Waals surface area contributed by atoms with E-state index in [0.29, 0.717) is 0 Å². The summed E-state index contributed by atoms with van der Waals surface area (Å²) in [6, 6.07) is 14.7. The van der Waals surface area contributed by atoms with E-state index in [4.69, 9.17) is 0 Å². The Kier molecular flexibility index (Phi) is 5.18. The smallest absolute Gasteiger partial charge is 0.0762 e. The number of halogens is 1. The molecule has 21 heavy (non-hydrogen) atoms. The predicted octanol–water partition coefficient (Wildman–Crippen LogP) is 5.95. The lowest BCUT2D eigenvalue weighted by Crippen LogP contribution is -2.10. The second-order valence-electron chi connectivity index (χ2n) is 6.24. The third-order valence-corrected chi connectivity index (χ3v) is 5.39. The first kappa shape index (κ1) is 16.6. The fraction of sp³-hybridized carbons (Fsp3) is 0.333. The topological polar surface area (TPSA) is 20.2 Å². The summed E-state index contributed by atoms with van der Waals surface area (Å²) in [6.45, 7) is 8.45. The molecule has 3 heteroatoms. The molecule has 0 aromatic heterocycles. The lowest BCUT2D eigenvalue weighted by Gasteiger charge is -2.19. The van der Waals surface area contributed by atoms with Crippen molar-refractivity contribution in [3.8, 4) is 0 Å². The first-order chi connectivity index (χ1) is 9.77. The molecule has 0 saturated carbocycles. The molecule has 0 saturated heterocycles. The Labute approximate surface area is 139 Å². The summed E-state index contributed by atoms with van der Waals surface area (Å²) in [5.74, 6) is 0. The molecule has 2 rings (SSSR count). The van der Waals surface area contributed by atoms with E-state index in [0.717, 1.165) is 14.9 Å². The van der Waals surface area contributed by atoms with Crippen molar-refractivity contribution in [2.75, 3.05) is 0 Å². The van der Waals surface area contributed by atoms with Crippen LogP contribution in [0, 0.1) is 0 Å². The highest BCUT2D eigenvalue weighted by Gasteiger charge is 2.13. The van der Waals surface area contributed by atoms with Crippen molar-refractivity contribution in [1.82, 2.24) is 0 Å². The molecule has 0 bridgehead atoms. The van der Waals surface area contributed by atoms with Crippen LogP contribution in [0.25, 0.3) is 0 Å². The number of hydrogen-bond acceptors (Lipinski definition) is 2. The number of aliphatic hydroxyl groups excluding tert-OH is 1. The molecule has 0 aliphatic carbocycles. The fourth-order valence-electron chi connectivity index (χ4n) is 2.01. The van der Waals surface area contributed by atoms with Gasteiger partial charge in [0.25, 0.3) is 0 Å². The second-order valence-corrected chi connectivity index (χ2v) is 8.21. The molecule has 1 N–H and O–H groups in total. The van der Waals surface area contributed by atoms with E-state index in [2.05, 4.69) is 67.0 Å². The average molecular weight is 365 g/mol. The normalized spacial score (nSPS) is 13.2. The molecule has 1 atom stereocenters. The van der Waals surface area contributed by atoms with E-state index in [1.54, 1.807) is 18.7 Å². The zero-order chi connectivity index (χ0) is 15.6. The van der Waals surface area contributed by atoms with Crippen LogP contribution in [0.15, 0.2) is 56.7 Å². The Balaban J connectivity index is 2.19. The van der Waals surface area contributed by atoms with Gasteiger partial charge in [-0.15, -0.1) is 0 Å². The SMILES string of the molecule is CC(O)c1ccc(Sc2ccc(C(C)(C)C)cc2)c(Br)c1. The molecular weight excluding hydrogens is 344 g/mol. The van der Waals surface area contributed by atoms with E-state index in [-0.39, 0.29) is 5.41 Å². The maximum atomic E-state index is 9.61. The van der Waals surface area contributed by atoms with Crippen molar-refractivity contribution in [2.24, 2.45) is 0 Å². The molecule has 0 aliphatic rings. The highest BCUT2D eigenvalue weighted by Crippen LogP contribution is 2.35. The standard InChI is InChI=1S/C18H21BrOS/c1-12(20)13-5-10-17(16(19)11-13)21-15-8-6-14(7-9-15)18(2,3)4/h5-12,20H,1-4H3. The Morgan fingerprint density at radius 1 is 1.05 bits per heavy atom. The van der Waals surface area contributed by atoms with Crippen LogP contribution in [0.1, 0.15) is 44.9 Å². The highest BCUT2D eigenvalue weighted by atomic mass is 79.9. The minimum atomic E-state index is -0.439. The van der Waals surface area contributed by atoms with Crippen LogP contribution < -0.4 is 0 Å². The van der Waals surface area contributed by atoms with Crippen molar-refractivity contribution in [3.63, 3.8) is 0 Å². The van der Waals surface area contributed by atoms with Crippen molar-refractivity contribution in [2.45, 2.75) is 49.0 Å². The molecule has 0 aliphatic heterocycles. The average Bonchev–Trinajstić information content (AvgIpc) is 2.40. The molecule has 112 valence electrons. The molecule has 1 nitrogen and oxygen atoms in total. The van der Waals surface area contributed by atoms with Crippen molar-refractivity contribution >= 4 is 27.7 Å². The highest BCUT2D eigenvalue weighted by molar-refractivity contribution is 9.10. The summed E-state index contributed by atoms with van der Waals surface area (Å²) < 4.78 is 1.02. The van der Waals surface area contributed by atoms with E-state index in [1.165, 1.54) is 10.5 Å². The quantitative estimate of drug-likeness (QED) is 0.725. The number of hydrogen-bond donors (Lipinski definition) is 1. The van der Waals surface area contributed by atoms with Crippen LogP contribution in [-0.2, 0) is 5.41 Å². The Bertz CT molecular complexity index is 612.